The molecule has 2 aliphatic rings. The number of amides is 1. The SMILES string of the molecule is CCCN1CCC(CNC(=O)C2(COC)CCNCC2)CC1.Cl.Cl. The predicted molar refractivity (Wildman–Crippen MR) is 103 cm³/mol. The van der Waals surface area contributed by atoms with Crippen LogP contribution in [0.1, 0.15) is 39.0 Å². The summed E-state index contributed by atoms with van der Waals surface area (Å²) in [5.41, 5.74) is -0.317. The summed E-state index contributed by atoms with van der Waals surface area (Å²) in [6, 6.07) is 0. The van der Waals surface area contributed by atoms with Crippen molar-refractivity contribution in [2.75, 3.05) is 53.0 Å². The molecule has 0 unspecified atom stereocenters. The van der Waals surface area contributed by atoms with Crippen LogP contribution in [0.15, 0.2) is 0 Å². The molecule has 144 valence electrons. The normalized spacial score (nSPS) is 21.4. The van der Waals surface area contributed by atoms with E-state index in [1.807, 2.05) is 0 Å². The fourth-order valence-corrected chi connectivity index (χ4v) is 3.77. The first-order chi connectivity index (χ1) is 10.7. The first-order valence-corrected chi connectivity index (χ1v) is 8.90. The summed E-state index contributed by atoms with van der Waals surface area (Å²) in [5, 5.41) is 6.56. The van der Waals surface area contributed by atoms with Gasteiger partial charge in [0, 0.05) is 13.7 Å². The Labute approximate surface area is 159 Å². The lowest BCUT2D eigenvalue weighted by molar-refractivity contribution is -0.136. The van der Waals surface area contributed by atoms with Crippen molar-refractivity contribution in [1.29, 1.82) is 0 Å². The zero-order chi connectivity index (χ0) is 15.8. The summed E-state index contributed by atoms with van der Waals surface area (Å²) in [6.45, 7) is 9.00. The van der Waals surface area contributed by atoms with Gasteiger partial charge >= 0.3 is 0 Å². The Morgan fingerprint density at radius 2 is 1.88 bits per heavy atom. The number of rotatable bonds is 7. The highest BCUT2D eigenvalue weighted by molar-refractivity contribution is 5.85. The summed E-state index contributed by atoms with van der Waals surface area (Å²) in [4.78, 5) is 15.2. The van der Waals surface area contributed by atoms with Crippen molar-refractivity contribution in [3.8, 4) is 0 Å². The molecule has 2 aliphatic heterocycles. The average molecular weight is 384 g/mol. The van der Waals surface area contributed by atoms with Crippen LogP contribution in [0.2, 0.25) is 0 Å². The van der Waals surface area contributed by atoms with Crippen molar-refractivity contribution < 1.29 is 9.53 Å². The Bertz CT molecular complexity index is 339. The van der Waals surface area contributed by atoms with E-state index in [0.29, 0.717) is 12.5 Å². The lowest BCUT2D eigenvalue weighted by Gasteiger charge is -2.37. The number of piperidine rings is 2. The number of hydrogen-bond acceptors (Lipinski definition) is 4. The van der Waals surface area contributed by atoms with Gasteiger partial charge in [-0.15, -0.1) is 24.8 Å². The van der Waals surface area contributed by atoms with Gasteiger partial charge in [-0.2, -0.15) is 0 Å². The second kappa shape index (κ2) is 12.3. The number of likely N-dealkylation sites (tertiary alicyclic amines) is 1. The smallest absolute Gasteiger partial charge is 0.228 e. The van der Waals surface area contributed by atoms with E-state index in [4.69, 9.17) is 4.74 Å². The van der Waals surface area contributed by atoms with Gasteiger partial charge in [0.25, 0.3) is 0 Å². The number of halogens is 2. The minimum atomic E-state index is -0.317. The Balaban J connectivity index is 0.00000264. The van der Waals surface area contributed by atoms with Crippen LogP contribution in [0, 0.1) is 11.3 Å². The highest BCUT2D eigenvalue weighted by Crippen LogP contribution is 2.29. The lowest BCUT2D eigenvalue weighted by atomic mass is 9.78. The minimum Gasteiger partial charge on any atom is -0.384 e. The highest BCUT2D eigenvalue weighted by atomic mass is 35.5. The number of ether oxygens (including phenoxy) is 1. The third-order valence-corrected chi connectivity index (χ3v) is 5.26. The zero-order valence-electron chi connectivity index (χ0n) is 15.1. The van der Waals surface area contributed by atoms with Gasteiger partial charge in [0.05, 0.1) is 12.0 Å². The highest BCUT2D eigenvalue weighted by Gasteiger charge is 2.39. The maximum Gasteiger partial charge on any atom is 0.228 e. The number of nitrogens with one attached hydrogen (secondary N) is 2. The van der Waals surface area contributed by atoms with E-state index in [0.717, 1.165) is 32.5 Å². The maximum absolute atomic E-state index is 12.7. The first-order valence-electron chi connectivity index (χ1n) is 8.90. The third kappa shape index (κ3) is 6.68. The Morgan fingerprint density at radius 3 is 2.42 bits per heavy atom. The molecule has 0 saturated carbocycles. The summed E-state index contributed by atoms with van der Waals surface area (Å²) in [5.74, 6) is 0.838. The van der Waals surface area contributed by atoms with Crippen molar-refractivity contribution in [2.45, 2.75) is 39.0 Å². The number of nitrogens with zero attached hydrogens (tertiary/aromatic N) is 1. The molecule has 0 aromatic carbocycles. The maximum atomic E-state index is 12.7. The molecule has 2 heterocycles. The van der Waals surface area contributed by atoms with Crippen LogP contribution in [0.5, 0.6) is 0 Å². The van der Waals surface area contributed by atoms with Gasteiger partial charge < -0.3 is 20.3 Å². The molecule has 7 heteroatoms. The second-order valence-electron chi connectivity index (χ2n) is 6.96. The van der Waals surface area contributed by atoms with Gasteiger partial charge in [-0.25, -0.2) is 0 Å². The molecule has 5 nitrogen and oxygen atoms in total. The summed E-state index contributed by atoms with van der Waals surface area (Å²) >= 11 is 0. The monoisotopic (exact) mass is 383 g/mol. The molecular weight excluding hydrogens is 349 g/mol. The fourth-order valence-electron chi connectivity index (χ4n) is 3.77. The quantitative estimate of drug-likeness (QED) is 0.706. The Hall–Kier alpha value is -0.0700. The fraction of sp³-hybridized carbons (Fsp3) is 0.941. The summed E-state index contributed by atoms with van der Waals surface area (Å²) in [7, 11) is 1.69. The predicted octanol–water partition coefficient (Wildman–Crippen LogP) is 2.08. The largest absolute Gasteiger partial charge is 0.384 e. The van der Waals surface area contributed by atoms with E-state index in [9.17, 15) is 4.79 Å². The van der Waals surface area contributed by atoms with E-state index in [2.05, 4.69) is 22.5 Å². The molecule has 0 bridgehead atoms. The standard InChI is InChI=1S/C17H33N3O2.2ClH/c1-3-10-20-11-4-15(5-12-20)13-19-16(21)17(14-22-2)6-8-18-9-7-17;;/h15,18H,3-14H2,1-2H3,(H,19,21);2*1H. The third-order valence-electron chi connectivity index (χ3n) is 5.26. The molecule has 0 aromatic rings. The summed E-state index contributed by atoms with van der Waals surface area (Å²) in [6.07, 6.45) is 5.40. The van der Waals surface area contributed by atoms with Crippen LogP contribution in [-0.4, -0.2) is 63.8 Å². The van der Waals surface area contributed by atoms with Gasteiger partial charge in [0.2, 0.25) is 5.91 Å². The minimum absolute atomic E-state index is 0. The summed E-state index contributed by atoms with van der Waals surface area (Å²) < 4.78 is 5.34. The molecule has 2 N–H and O–H groups in total. The number of hydrogen-bond donors (Lipinski definition) is 2. The van der Waals surface area contributed by atoms with Crippen LogP contribution < -0.4 is 10.6 Å². The molecule has 2 rings (SSSR count). The average Bonchev–Trinajstić information content (AvgIpc) is 2.55. The van der Waals surface area contributed by atoms with E-state index in [1.165, 1.54) is 38.9 Å². The molecule has 0 aliphatic carbocycles. The molecular formula is C17H35Cl2N3O2. The van der Waals surface area contributed by atoms with Gasteiger partial charge in [0.15, 0.2) is 0 Å². The lowest BCUT2D eigenvalue weighted by Crippen LogP contribution is -2.51. The molecule has 0 aromatic heterocycles. The van der Waals surface area contributed by atoms with Crippen LogP contribution in [-0.2, 0) is 9.53 Å². The van der Waals surface area contributed by atoms with E-state index >= 15 is 0 Å². The zero-order valence-corrected chi connectivity index (χ0v) is 16.8. The van der Waals surface area contributed by atoms with Gasteiger partial charge in [-0.1, -0.05) is 6.92 Å². The van der Waals surface area contributed by atoms with E-state index in [-0.39, 0.29) is 36.1 Å². The van der Waals surface area contributed by atoms with E-state index in [1.54, 1.807) is 7.11 Å². The van der Waals surface area contributed by atoms with Crippen molar-refractivity contribution in [3.05, 3.63) is 0 Å². The van der Waals surface area contributed by atoms with Crippen LogP contribution in [0.4, 0.5) is 0 Å². The first kappa shape index (κ1) is 23.9. The molecule has 2 saturated heterocycles. The molecule has 1 amide bonds. The Kier molecular flexibility index (Phi) is 12.3. The van der Waals surface area contributed by atoms with Crippen molar-refractivity contribution in [1.82, 2.24) is 15.5 Å². The molecule has 0 atom stereocenters. The molecule has 0 spiro atoms. The van der Waals surface area contributed by atoms with Crippen molar-refractivity contribution >= 4 is 30.7 Å². The second-order valence-corrected chi connectivity index (χ2v) is 6.96. The number of carbonyl (C=O) groups excluding carboxylic acids is 1. The van der Waals surface area contributed by atoms with Crippen LogP contribution in [0.25, 0.3) is 0 Å². The molecule has 0 radical (unpaired) electrons. The number of methoxy groups -OCH3 is 1. The topological polar surface area (TPSA) is 53.6 Å². The molecule has 24 heavy (non-hydrogen) atoms. The number of carbonyl (C=O) groups is 1. The van der Waals surface area contributed by atoms with Crippen molar-refractivity contribution in [2.24, 2.45) is 11.3 Å². The van der Waals surface area contributed by atoms with Crippen LogP contribution in [0.3, 0.4) is 0 Å². The molecule has 2 fully saturated rings. The van der Waals surface area contributed by atoms with Gasteiger partial charge in [-0.05, 0) is 70.7 Å². The Morgan fingerprint density at radius 1 is 1.25 bits per heavy atom. The van der Waals surface area contributed by atoms with Crippen molar-refractivity contribution in [3.63, 3.8) is 0 Å². The van der Waals surface area contributed by atoms with Crippen LogP contribution >= 0.6 is 24.8 Å². The van der Waals surface area contributed by atoms with E-state index < -0.39 is 0 Å². The van der Waals surface area contributed by atoms with Gasteiger partial charge in [-0.3, -0.25) is 4.79 Å². The van der Waals surface area contributed by atoms with Gasteiger partial charge in [0.1, 0.15) is 0 Å².